The molecule has 0 aliphatic rings. The average Bonchev–Trinajstić information content (AvgIpc) is 2.67. The van der Waals surface area contributed by atoms with Crippen molar-refractivity contribution in [1.29, 1.82) is 0 Å². The number of carboxylic acids is 1. The van der Waals surface area contributed by atoms with Crippen molar-refractivity contribution in [2.24, 2.45) is 0 Å². The number of hydrogen-bond donors (Lipinski definition) is 1. The second-order valence-electron chi connectivity index (χ2n) is 3.74. The molecule has 0 aliphatic heterocycles. The van der Waals surface area contributed by atoms with E-state index in [4.69, 9.17) is 5.11 Å². The van der Waals surface area contributed by atoms with Crippen molar-refractivity contribution in [3.63, 3.8) is 0 Å². The van der Waals surface area contributed by atoms with Gasteiger partial charge in [-0.1, -0.05) is 13.3 Å². The van der Waals surface area contributed by atoms with Crippen LogP contribution in [0.4, 0.5) is 0 Å². The molecule has 2 aromatic heterocycles. The highest BCUT2D eigenvalue weighted by atomic mass is 32.1. The normalized spacial score (nSPS) is 10.8. The first-order chi connectivity index (χ1) is 7.70. The van der Waals surface area contributed by atoms with Crippen molar-refractivity contribution in [3.8, 4) is 0 Å². The lowest BCUT2D eigenvalue weighted by Gasteiger charge is -1.92. The molecule has 0 radical (unpaired) electrons. The Bertz CT molecular complexity index is 519. The van der Waals surface area contributed by atoms with Crippen molar-refractivity contribution < 1.29 is 9.90 Å². The number of aromatic carboxylic acids is 1. The smallest absolute Gasteiger partial charge is 0.337 e. The maximum atomic E-state index is 10.8. The third-order valence-electron chi connectivity index (χ3n) is 2.45. The van der Waals surface area contributed by atoms with Crippen LogP contribution in [0.25, 0.3) is 10.2 Å². The predicted octanol–water partition coefficient (Wildman–Crippen LogP) is 3.34. The van der Waals surface area contributed by atoms with Gasteiger partial charge in [0.15, 0.2) is 0 Å². The molecule has 16 heavy (non-hydrogen) atoms. The summed E-state index contributed by atoms with van der Waals surface area (Å²) in [5.41, 5.74) is 0.257. The zero-order valence-electron chi connectivity index (χ0n) is 9.06. The van der Waals surface area contributed by atoms with Crippen molar-refractivity contribution in [2.45, 2.75) is 26.2 Å². The van der Waals surface area contributed by atoms with E-state index >= 15 is 0 Å². The molecule has 0 aromatic carbocycles. The lowest BCUT2D eigenvalue weighted by Crippen LogP contribution is -1.95. The van der Waals surface area contributed by atoms with E-state index in [-0.39, 0.29) is 5.56 Å². The Labute approximate surface area is 97.8 Å². The molecular weight excluding hydrogens is 222 g/mol. The maximum absolute atomic E-state index is 10.8. The number of carboxylic acid groups (broad SMARTS) is 1. The molecule has 1 N–H and O–H groups in total. The van der Waals surface area contributed by atoms with E-state index < -0.39 is 5.97 Å². The maximum Gasteiger partial charge on any atom is 0.337 e. The third kappa shape index (κ3) is 2.22. The minimum Gasteiger partial charge on any atom is -0.478 e. The zero-order chi connectivity index (χ0) is 11.5. The van der Waals surface area contributed by atoms with Crippen LogP contribution >= 0.6 is 11.3 Å². The van der Waals surface area contributed by atoms with Gasteiger partial charge in [-0.15, -0.1) is 11.3 Å². The molecule has 0 unspecified atom stereocenters. The van der Waals surface area contributed by atoms with Gasteiger partial charge in [0, 0.05) is 16.5 Å². The number of rotatable bonds is 4. The Morgan fingerprint density at radius 1 is 1.50 bits per heavy atom. The first-order valence-electron chi connectivity index (χ1n) is 5.32. The molecular formula is C12H13NO2S. The van der Waals surface area contributed by atoms with Gasteiger partial charge < -0.3 is 5.11 Å². The molecule has 2 aromatic rings. The largest absolute Gasteiger partial charge is 0.478 e. The number of carbonyl (C=O) groups is 1. The molecule has 0 amide bonds. The minimum absolute atomic E-state index is 0.257. The summed E-state index contributed by atoms with van der Waals surface area (Å²) >= 11 is 1.65. The third-order valence-corrected chi connectivity index (χ3v) is 3.57. The molecule has 0 saturated carbocycles. The van der Waals surface area contributed by atoms with Gasteiger partial charge in [0.2, 0.25) is 0 Å². The summed E-state index contributed by atoms with van der Waals surface area (Å²) in [6, 6.07) is 3.74. The number of nitrogens with zero attached hydrogens (tertiary/aromatic N) is 1. The predicted molar refractivity (Wildman–Crippen MR) is 65.2 cm³/mol. The number of thiophene rings is 1. The quantitative estimate of drug-likeness (QED) is 0.884. The Kier molecular flexibility index (Phi) is 3.19. The number of fused-ring (bicyclic) bond motifs is 1. The van der Waals surface area contributed by atoms with Crippen molar-refractivity contribution >= 4 is 27.5 Å². The van der Waals surface area contributed by atoms with E-state index in [1.165, 1.54) is 23.9 Å². The lowest BCUT2D eigenvalue weighted by atomic mass is 10.2. The molecule has 3 nitrogen and oxygen atoms in total. The molecule has 2 rings (SSSR count). The van der Waals surface area contributed by atoms with Crippen LogP contribution in [0, 0.1) is 0 Å². The van der Waals surface area contributed by atoms with Crippen LogP contribution in [0.2, 0.25) is 0 Å². The molecule has 84 valence electrons. The molecule has 4 heteroatoms. The summed E-state index contributed by atoms with van der Waals surface area (Å²) in [5.74, 6) is -0.921. The van der Waals surface area contributed by atoms with E-state index in [1.54, 1.807) is 17.4 Å². The molecule has 0 aliphatic carbocycles. The second kappa shape index (κ2) is 4.61. The number of aryl methyl sites for hydroxylation is 1. The van der Waals surface area contributed by atoms with Crippen molar-refractivity contribution in [3.05, 3.63) is 28.8 Å². The molecule has 0 saturated heterocycles. The van der Waals surface area contributed by atoms with E-state index in [0.717, 1.165) is 16.6 Å². The molecule has 0 atom stereocenters. The monoisotopic (exact) mass is 235 g/mol. The number of pyridine rings is 1. The van der Waals surface area contributed by atoms with E-state index in [1.807, 2.05) is 0 Å². The van der Waals surface area contributed by atoms with Crippen LogP contribution in [-0.2, 0) is 6.42 Å². The summed E-state index contributed by atoms with van der Waals surface area (Å²) < 4.78 is 0. The highest BCUT2D eigenvalue weighted by Crippen LogP contribution is 2.25. The number of aromatic nitrogens is 1. The molecule has 0 spiro atoms. The Hall–Kier alpha value is -1.42. The van der Waals surface area contributed by atoms with Gasteiger partial charge >= 0.3 is 5.97 Å². The van der Waals surface area contributed by atoms with Crippen LogP contribution in [0.5, 0.6) is 0 Å². The first kappa shape index (κ1) is 11.1. The van der Waals surface area contributed by atoms with E-state index in [0.29, 0.717) is 0 Å². The summed E-state index contributed by atoms with van der Waals surface area (Å²) in [5, 5.41) is 9.80. The molecule has 0 fully saturated rings. The van der Waals surface area contributed by atoms with Crippen LogP contribution in [0.1, 0.15) is 35.0 Å². The van der Waals surface area contributed by atoms with Gasteiger partial charge in [-0.3, -0.25) is 0 Å². The lowest BCUT2D eigenvalue weighted by molar-refractivity contribution is 0.0696. The SMILES string of the molecule is CCCCc1cc2cc(C(=O)O)cnc2s1. The first-order valence-corrected chi connectivity index (χ1v) is 6.14. The van der Waals surface area contributed by atoms with Crippen LogP contribution in [-0.4, -0.2) is 16.1 Å². The second-order valence-corrected chi connectivity index (χ2v) is 4.85. The van der Waals surface area contributed by atoms with Gasteiger partial charge in [-0.25, -0.2) is 9.78 Å². The van der Waals surface area contributed by atoms with Gasteiger partial charge in [0.25, 0.3) is 0 Å². The fourth-order valence-electron chi connectivity index (χ4n) is 1.58. The summed E-state index contributed by atoms with van der Waals surface area (Å²) in [4.78, 5) is 17.2. The Morgan fingerprint density at radius 3 is 3.00 bits per heavy atom. The topological polar surface area (TPSA) is 50.2 Å². The standard InChI is InChI=1S/C12H13NO2S/c1-2-3-4-10-6-8-5-9(12(14)15)7-13-11(8)16-10/h5-7H,2-4H2,1H3,(H,14,15). The minimum atomic E-state index is -0.921. The summed E-state index contributed by atoms with van der Waals surface area (Å²) in [7, 11) is 0. The van der Waals surface area contributed by atoms with E-state index in [2.05, 4.69) is 18.0 Å². The summed E-state index contributed by atoms with van der Waals surface area (Å²) in [6.45, 7) is 2.16. The van der Waals surface area contributed by atoms with Gasteiger partial charge in [-0.05, 0) is 25.0 Å². The van der Waals surface area contributed by atoms with Crippen LogP contribution < -0.4 is 0 Å². The highest BCUT2D eigenvalue weighted by molar-refractivity contribution is 7.18. The van der Waals surface area contributed by atoms with Crippen LogP contribution in [0.3, 0.4) is 0 Å². The Balaban J connectivity index is 2.34. The molecule has 2 heterocycles. The Morgan fingerprint density at radius 2 is 2.31 bits per heavy atom. The number of unbranched alkanes of at least 4 members (excludes halogenated alkanes) is 1. The van der Waals surface area contributed by atoms with Crippen molar-refractivity contribution in [1.82, 2.24) is 4.98 Å². The fourth-order valence-corrected chi connectivity index (χ4v) is 2.60. The van der Waals surface area contributed by atoms with Gasteiger partial charge in [-0.2, -0.15) is 0 Å². The fraction of sp³-hybridized carbons (Fsp3) is 0.333. The average molecular weight is 235 g/mol. The highest BCUT2D eigenvalue weighted by Gasteiger charge is 2.07. The molecule has 0 bridgehead atoms. The van der Waals surface area contributed by atoms with Gasteiger partial charge in [0.05, 0.1) is 5.56 Å². The van der Waals surface area contributed by atoms with Crippen LogP contribution in [0.15, 0.2) is 18.3 Å². The van der Waals surface area contributed by atoms with Crippen molar-refractivity contribution in [2.75, 3.05) is 0 Å². The van der Waals surface area contributed by atoms with E-state index in [9.17, 15) is 4.79 Å². The van der Waals surface area contributed by atoms with Gasteiger partial charge in [0.1, 0.15) is 4.83 Å². The zero-order valence-corrected chi connectivity index (χ0v) is 9.88. The summed E-state index contributed by atoms with van der Waals surface area (Å²) in [6.07, 6.45) is 4.81. The number of hydrogen-bond acceptors (Lipinski definition) is 3.